The van der Waals surface area contributed by atoms with E-state index in [1.54, 1.807) is 12.2 Å². The summed E-state index contributed by atoms with van der Waals surface area (Å²) in [7, 11) is 0. The molecule has 0 atom stereocenters. The average molecular weight is 152 g/mol. The number of esters is 1. The molecule has 0 radical (unpaired) electrons. The number of carbonyl (C=O) groups excluding carboxylic acids is 1. The van der Waals surface area contributed by atoms with Crippen LogP contribution in [0.1, 0.15) is 13.8 Å². The van der Waals surface area contributed by atoms with E-state index in [-0.39, 0.29) is 5.97 Å². The normalized spacial score (nSPS) is 9.64. The van der Waals surface area contributed by atoms with Crippen LogP contribution in [0.3, 0.4) is 0 Å². The highest BCUT2D eigenvalue weighted by Gasteiger charge is 1.92. The van der Waals surface area contributed by atoms with Crippen LogP contribution in [0.5, 0.6) is 0 Å². The third-order valence-electron chi connectivity index (χ3n) is 0.829. The lowest BCUT2D eigenvalue weighted by atomic mass is 10.3. The predicted octanol–water partition coefficient (Wildman–Crippen LogP) is 2.20. The van der Waals surface area contributed by atoms with Crippen molar-refractivity contribution in [1.29, 1.82) is 0 Å². The molecule has 0 aliphatic rings. The first-order chi connectivity index (χ1) is 5.02. The molecule has 0 aliphatic heterocycles. The molecule has 0 amide bonds. The Hall–Kier alpha value is -1.31. The first-order valence-corrected chi connectivity index (χ1v) is 3.23. The smallest absolute Gasteiger partial charge is 0.308 e. The van der Waals surface area contributed by atoms with E-state index in [1.165, 1.54) is 6.92 Å². The molecule has 2 nitrogen and oxygen atoms in total. The summed E-state index contributed by atoms with van der Waals surface area (Å²) in [6.45, 7) is 10.3. The number of allylic oxidation sites excluding steroid dienone is 3. The molecule has 0 rings (SSSR count). The molecule has 0 aromatic carbocycles. The largest absolute Gasteiger partial charge is 0.427 e. The lowest BCUT2D eigenvalue weighted by molar-refractivity contribution is -0.136. The van der Waals surface area contributed by atoms with E-state index in [9.17, 15) is 4.79 Å². The van der Waals surface area contributed by atoms with E-state index in [0.29, 0.717) is 5.76 Å². The van der Waals surface area contributed by atoms with Crippen LogP contribution in [-0.2, 0) is 9.53 Å². The van der Waals surface area contributed by atoms with Gasteiger partial charge in [0, 0.05) is 6.92 Å². The van der Waals surface area contributed by atoms with Crippen molar-refractivity contribution in [2.75, 3.05) is 0 Å². The molecule has 60 valence electrons. The molecule has 0 bridgehead atoms. The SMILES string of the molecule is C=C(C)/C=C\C(=C)OC(C)=O. The molecular weight excluding hydrogens is 140 g/mol. The molecule has 0 aliphatic carbocycles. The Balaban J connectivity index is 3.88. The van der Waals surface area contributed by atoms with Crippen LogP contribution in [0, 0.1) is 0 Å². The van der Waals surface area contributed by atoms with Crippen molar-refractivity contribution in [3.8, 4) is 0 Å². The molecule has 0 N–H and O–H groups in total. The first-order valence-electron chi connectivity index (χ1n) is 3.23. The molecule has 0 spiro atoms. The summed E-state index contributed by atoms with van der Waals surface area (Å²) in [6.07, 6.45) is 3.33. The van der Waals surface area contributed by atoms with Gasteiger partial charge in [-0.2, -0.15) is 0 Å². The Labute approximate surface area is 66.9 Å². The molecule has 11 heavy (non-hydrogen) atoms. The highest BCUT2D eigenvalue weighted by molar-refractivity contribution is 5.67. The van der Waals surface area contributed by atoms with E-state index in [4.69, 9.17) is 0 Å². The van der Waals surface area contributed by atoms with Crippen molar-refractivity contribution >= 4 is 5.97 Å². The summed E-state index contributed by atoms with van der Waals surface area (Å²) >= 11 is 0. The van der Waals surface area contributed by atoms with Gasteiger partial charge in [0.05, 0.1) is 0 Å². The maximum atomic E-state index is 10.4. The second kappa shape index (κ2) is 4.50. The molecule has 0 aromatic heterocycles. The average Bonchev–Trinajstić information content (AvgIpc) is 1.82. The summed E-state index contributed by atoms with van der Waals surface area (Å²) in [6, 6.07) is 0. The third-order valence-corrected chi connectivity index (χ3v) is 0.829. The fourth-order valence-electron chi connectivity index (χ4n) is 0.454. The Morgan fingerprint density at radius 1 is 1.27 bits per heavy atom. The Morgan fingerprint density at radius 2 is 1.82 bits per heavy atom. The number of hydrogen-bond donors (Lipinski definition) is 0. The van der Waals surface area contributed by atoms with Gasteiger partial charge in [-0.05, 0) is 13.0 Å². The van der Waals surface area contributed by atoms with Gasteiger partial charge >= 0.3 is 5.97 Å². The van der Waals surface area contributed by atoms with Gasteiger partial charge in [-0.15, -0.1) is 0 Å². The predicted molar refractivity (Wildman–Crippen MR) is 44.9 cm³/mol. The fourth-order valence-corrected chi connectivity index (χ4v) is 0.454. The van der Waals surface area contributed by atoms with Crippen molar-refractivity contribution in [1.82, 2.24) is 0 Å². The topological polar surface area (TPSA) is 26.3 Å². The Bertz CT molecular complexity index is 212. The van der Waals surface area contributed by atoms with Gasteiger partial charge < -0.3 is 4.74 Å². The van der Waals surface area contributed by atoms with E-state index in [0.717, 1.165) is 5.57 Å². The van der Waals surface area contributed by atoms with Gasteiger partial charge in [0.15, 0.2) is 0 Å². The zero-order valence-corrected chi connectivity index (χ0v) is 6.89. The maximum Gasteiger partial charge on any atom is 0.308 e. The molecule has 2 heteroatoms. The van der Waals surface area contributed by atoms with Crippen molar-refractivity contribution in [3.63, 3.8) is 0 Å². The van der Waals surface area contributed by atoms with Crippen molar-refractivity contribution < 1.29 is 9.53 Å². The highest BCUT2D eigenvalue weighted by atomic mass is 16.5. The summed E-state index contributed by atoms with van der Waals surface area (Å²) < 4.78 is 4.64. The van der Waals surface area contributed by atoms with E-state index in [1.807, 2.05) is 6.92 Å². The van der Waals surface area contributed by atoms with Gasteiger partial charge in [0.2, 0.25) is 0 Å². The van der Waals surface area contributed by atoms with Crippen molar-refractivity contribution in [2.24, 2.45) is 0 Å². The van der Waals surface area contributed by atoms with Gasteiger partial charge in [-0.3, -0.25) is 4.79 Å². The minimum atomic E-state index is -0.360. The van der Waals surface area contributed by atoms with Crippen LogP contribution in [0.25, 0.3) is 0 Å². The molecule has 0 saturated carbocycles. The fraction of sp³-hybridized carbons (Fsp3) is 0.222. The van der Waals surface area contributed by atoms with Crippen LogP contribution >= 0.6 is 0 Å². The monoisotopic (exact) mass is 152 g/mol. The molecular formula is C9H12O2. The maximum absolute atomic E-state index is 10.4. The van der Waals surface area contributed by atoms with Crippen molar-refractivity contribution in [2.45, 2.75) is 13.8 Å². The number of rotatable bonds is 3. The zero-order chi connectivity index (χ0) is 8.85. The number of ether oxygens (including phenoxy) is 1. The number of carbonyl (C=O) groups is 1. The molecule has 0 saturated heterocycles. The summed E-state index contributed by atoms with van der Waals surface area (Å²) in [4.78, 5) is 10.4. The van der Waals surface area contributed by atoms with E-state index < -0.39 is 0 Å². The quantitative estimate of drug-likeness (QED) is 0.352. The summed E-state index contributed by atoms with van der Waals surface area (Å²) in [5.74, 6) is -0.0261. The second-order valence-corrected chi connectivity index (χ2v) is 2.24. The molecule has 0 aromatic rings. The second-order valence-electron chi connectivity index (χ2n) is 2.24. The first kappa shape index (κ1) is 9.69. The van der Waals surface area contributed by atoms with Gasteiger partial charge in [-0.1, -0.05) is 24.8 Å². The number of hydrogen-bond acceptors (Lipinski definition) is 2. The lowest BCUT2D eigenvalue weighted by Gasteiger charge is -1.97. The van der Waals surface area contributed by atoms with Crippen LogP contribution in [-0.4, -0.2) is 5.97 Å². The summed E-state index contributed by atoms with van der Waals surface area (Å²) in [5.41, 5.74) is 0.887. The van der Waals surface area contributed by atoms with Crippen LogP contribution in [0.2, 0.25) is 0 Å². The van der Waals surface area contributed by atoms with Crippen LogP contribution in [0.4, 0.5) is 0 Å². The molecule has 0 fully saturated rings. The summed E-state index contributed by atoms with van der Waals surface area (Å²) in [5, 5.41) is 0. The minimum Gasteiger partial charge on any atom is -0.427 e. The Kier molecular flexibility index (Phi) is 3.96. The zero-order valence-electron chi connectivity index (χ0n) is 6.89. The molecule has 0 heterocycles. The minimum absolute atomic E-state index is 0.334. The standard InChI is InChI=1S/C9H12O2/c1-7(2)5-6-8(3)11-9(4)10/h5-6H,1,3H2,2,4H3/b6-5-. The van der Waals surface area contributed by atoms with Crippen LogP contribution < -0.4 is 0 Å². The highest BCUT2D eigenvalue weighted by Crippen LogP contribution is 1.98. The van der Waals surface area contributed by atoms with Crippen molar-refractivity contribution in [3.05, 3.63) is 36.6 Å². The van der Waals surface area contributed by atoms with Crippen LogP contribution in [0.15, 0.2) is 36.6 Å². The van der Waals surface area contributed by atoms with Gasteiger partial charge in [0.1, 0.15) is 5.76 Å². The third kappa shape index (κ3) is 6.58. The Morgan fingerprint density at radius 3 is 2.18 bits per heavy atom. The van der Waals surface area contributed by atoms with Gasteiger partial charge in [0.25, 0.3) is 0 Å². The van der Waals surface area contributed by atoms with Gasteiger partial charge in [-0.25, -0.2) is 0 Å². The van der Waals surface area contributed by atoms with E-state index >= 15 is 0 Å². The molecule has 0 unspecified atom stereocenters. The van der Waals surface area contributed by atoms with E-state index in [2.05, 4.69) is 17.9 Å². The lowest BCUT2D eigenvalue weighted by Crippen LogP contribution is -1.94.